The molecule has 1 amide bonds. The summed E-state index contributed by atoms with van der Waals surface area (Å²) in [6.45, 7) is -0.623. The molecule has 0 aliphatic carbocycles. The van der Waals surface area contributed by atoms with E-state index in [4.69, 9.17) is 6.42 Å². The van der Waals surface area contributed by atoms with Crippen molar-refractivity contribution in [3.63, 3.8) is 0 Å². The number of nitrogens with zero attached hydrogens (tertiary/aromatic N) is 1. The van der Waals surface area contributed by atoms with Crippen molar-refractivity contribution in [3.8, 4) is 29.2 Å². The van der Waals surface area contributed by atoms with Crippen molar-refractivity contribution in [3.05, 3.63) is 45.0 Å². The number of fused-ring (bicyclic) bond motifs is 1. The molecule has 0 atom stereocenters. The molecule has 0 N–H and O–H groups in total. The Bertz CT molecular complexity index is 1020. The molecule has 0 saturated carbocycles. The van der Waals surface area contributed by atoms with Crippen molar-refractivity contribution in [2.24, 2.45) is 0 Å². The topological polar surface area (TPSA) is 29.5 Å². The van der Waals surface area contributed by atoms with Gasteiger partial charge in [-0.15, -0.1) is 6.42 Å². The van der Waals surface area contributed by atoms with Crippen LogP contribution in [0.3, 0.4) is 0 Å². The van der Waals surface area contributed by atoms with Crippen LogP contribution in [-0.4, -0.2) is 18.6 Å². The predicted molar refractivity (Wildman–Crippen MR) is 91.2 cm³/mol. The molecule has 0 aromatic heterocycles. The molecule has 140 valence electrons. The molecule has 2 aromatic rings. The van der Waals surface area contributed by atoms with Gasteiger partial charge in [-0.3, -0.25) is 9.69 Å². The van der Waals surface area contributed by atoms with E-state index in [1.165, 1.54) is 22.6 Å². The second-order valence-corrected chi connectivity index (χ2v) is 6.44. The Morgan fingerprint density at radius 1 is 1.11 bits per heavy atom. The van der Waals surface area contributed by atoms with Crippen LogP contribution >= 0.6 is 22.6 Å². The lowest BCUT2D eigenvalue weighted by Gasteiger charge is -2.32. The number of ether oxygens (including phenoxy) is 1. The van der Waals surface area contributed by atoms with E-state index in [1.54, 1.807) is 0 Å². The Morgan fingerprint density at radius 2 is 1.78 bits per heavy atom. The lowest BCUT2D eigenvalue weighted by atomic mass is 10.0. The van der Waals surface area contributed by atoms with E-state index in [9.17, 15) is 31.1 Å². The maximum absolute atomic E-state index is 14.4. The van der Waals surface area contributed by atoms with E-state index < -0.39 is 68.0 Å². The van der Waals surface area contributed by atoms with Gasteiger partial charge in [0.1, 0.15) is 23.3 Å². The van der Waals surface area contributed by atoms with Crippen LogP contribution in [0.25, 0.3) is 11.1 Å². The molecular formula is C17H6F6INO2. The Morgan fingerprint density at radius 3 is 2.41 bits per heavy atom. The molecule has 0 saturated heterocycles. The highest BCUT2D eigenvalue weighted by molar-refractivity contribution is 14.1. The number of amides is 1. The second kappa shape index (κ2) is 6.63. The third-order valence-corrected chi connectivity index (χ3v) is 4.69. The lowest BCUT2D eigenvalue weighted by molar-refractivity contribution is -0.192. The molecule has 0 fully saturated rings. The minimum absolute atomic E-state index is 0.355. The smallest absolute Gasteiger partial charge is 0.423 e. The van der Waals surface area contributed by atoms with E-state index in [1.807, 2.05) is 5.92 Å². The fourth-order valence-corrected chi connectivity index (χ4v) is 2.96. The van der Waals surface area contributed by atoms with Crippen LogP contribution in [0.4, 0.5) is 32.0 Å². The van der Waals surface area contributed by atoms with Gasteiger partial charge in [-0.2, -0.15) is 8.78 Å². The zero-order chi connectivity index (χ0) is 20.1. The van der Waals surface area contributed by atoms with Gasteiger partial charge in [0.05, 0.1) is 21.4 Å². The number of terminal acetylenes is 1. The summed E-state index contributed by atoms with van der Waals surface area (Å²) in [6.07, 6.45) is 0.773. The third-order valence-electron chi connectivity index (χ3n) is 3.70. The average molecular weight is 497 g/mol. The van der Waals surface area contributed by atoms with Crippen molar-refractivity contribution in [2.75, 3.05) is 11.4 Å². The minimum atomic E-state index is -4.29. The number of carbonyl (C=O) groups is 1. The first kappa shape index (κ1) is 19.3. The van der Waals surface area contributed by atoms with Gasteiger partial charge in [0.2, 0.25) is 0 Å². The van der Waals surface area contributed by atoms with Crippen LogP contribution in [0, 0.1) is 39.2 Å². The van der Waals surface area contributed by atoms with Gasteiger partial charge in [0.25, 0.3) is 0 Å². The standard InChI is InChI=1S/C17H6F6INO2/c1-2-3-25-11-4-7(13-9(19)5-10(20)15(24)14(13)21)8(18)6-12(11)27-17(22,23)16(25)26/h1,4-6H,3H2. The molecule has 3 nitrogen and oxygen atoms in total. The van der Waals surface area contributed by atoms with E-state index in [-0.39, 0.29) is 0 Å². The maximum atomic E-state index is 14.4. The molecule has 0 unspecified atom stereocenters. The van der Waals surface area contributed by atoms with Gasteiger partial charge in [-0.1, -0.05) is 5.92 Å². The van der Waals surface area contributed by atoms with Crippen LogP contribution in [0.5, 0.6) is 5.75 Å². The molecule has 1 aliphatic rings. The predicted octanol–water partition coefficient (Wildman–Crippen LogP) is 4.47. The van der Waals surface area contributed by atoms with E-state index >= 15 is 0 Å². The van der Waals surface area contributed by atoms with Gasteiger partial charge in [0.15, 0.2) is 5.75 Å². The zero-order valence-corrected chi connectivity index (χ0v) is 15.1. The highest BCUT2D eigenvalue weighted by Gasteiger charge is 2.50. The summed E-state index contributed by atoms with van der Waals surface area (Å²) in [5, 5.41) is 0. The summed E-state index contributed by atoms with van der Waals surface area (Å²) in [6, 6.07) is 1.54. The van der Waals surface area contributed by atoms with Crippen molar-refractivity contribution in [1.82, 2.24) is 0 Å². The van der Waals surface area contributed by atoms with Crippen LogP contribution in [0.1, 0.15) is 0 Å². The average Bonchev–Trinajstić information content (AvgIpc) is 2.58. The first-order chi connectivity index (χ1) is 12.6. The fourth-order valence-electron chi connectivity index (χ4n) is 2.54. The molecular weight excluding hydrogens is 491 g/mol. The molecule has 3 rings (SSSR count). The van der Waals surface area contributed by atoms with Crippen molar-refractivity contribution in [1.29, 1.82) is 0 Å². The van der Waals surface area contributed by atoms with Gasteiger partial charge >= 0.3 is 12.0 Å². The Labute approximate surface area is 162 Å². The number of alkyl halides is 2. The molecule has 10 heteroatoms. The summed E-state index contributed by atoms with van der Waals surface area (Å²) < 4.78 is 87.3. The van der Waals surface area contributed by atoms with Crippen molar-refractivity contribution in [2.45, 2.75) is 6.11 Å². The number of benzene rings is 2. The minimum Gasteiger partial charge on any atom is -0.423 e. The highest BCUT2D eigenvalue weighted by Crippen LogP contribution is 2.44. The molecule has 2 aromatic carbocycles. The van der Waals surface area contributed by atoms with E-state index in [2.05, 4.69) is 4.74 Å². The van der Waals surface area contributed by atoms with Gasteiger partial charge in [-0.25, -0.2) is 17.6 Å². The van der Waals surface area contributed by atoms with Crippen LogP contribution in [0.15, 0.2) is 18.2 Å². The molecule has 0 bridgehead atoms. The van der Waals surface area contributed by atoms with E-state index in [0.29, 0.717) is 17.0 Å². The lowest BCUT2D eigenvalue weighted by Crippen LogP contribution is -2.51. The maximum Gasteiger partial charge on any atom is 0.483 e. The van der Waals surface area contributed by atoms with Crippen LogP contribution in [0.2, 0.25) is 0 Å². The fraction of sp³-hybridized carbons (Fsp3) is 0.118. The van der Waals surface area contributed by atoms with E-state index in [0.717, 1.165) is 6.07 Å². The zero-order valence-electron chi connectivity index (χ0n) is 12.9. The molecule has 1 aliphatic heterocycles. The summed E-state index contributed by atoms with van der Waals surface area (Å²) in [5.74, 6) is -5.89. The third kappa shape index (κ3) is 3.09. The molecule has 27 heavy (non-hydrogen) atoms. The van der Waals surface area contributed by atoms with Gasteiger partial charge in [0, 0.05) is 17.7 Å². The Hall–Kier alpha value is -2.42. The first-order valence-electron chi connectivity index (χ1n) is 7.07. The summed E-state index contributed by atoms with van der Waals surface area (Å²) in [5.41, 5.74) is -2.05. The number of halogens is 7. The SMILES string of the molecule is C#CCN1C(=O)C(F)(F)Oc2cc(F)c(-c3c(F)cc(F)c(I)c3F)cc21. The highest BCUT2D eigenvalue weighted by atomic mass is 127. The summed E-state index contributed by atoms with van der Waals surface area (Å²) in [4.78, 5) is 12.3. The molecule has 0 radical (unpaired) electrons. The normalized spacial score (nSPS) is 15.2. The largest absolute Gasteiger partial charge is 0.483 e. The van der Waals surface area contributed by atoms with Crippen LogP contribution < -0.4 is 9.64 Å². The van der Waals surface area contributed by atoms with Crippen LogP contribution in [-0.2, 0) is 4.79 Å². The first-order valence-corrected chi connectivity index (χ1v) is 8.15. The van der Waals surface area contributed by atoms with Gasteiger partial charge < -0.3 is 4.74 Å². The van der Waals surface area contributed by atoms with Gasteiger partial charge in [-0.05, 0) is 28.7 Å². The van der Waals surface area contributed by atoms with Crippen molar-refractivity contribution >= 4 is 34.2 Å². The number of carbonyl (C=O) groups excluding carboxylic acids is 1. The Kier molecular flexibility index (Phi) is 4.75. The quantitative estimate of drug-likeness (QED) is 0.202. The number of rotatable bonds is 2. The number of hydrogen-bond donors (Lipinski definition) is 0. The molecule has 0 spiro atoms. The second-order valence-electron chi connectivity index (χ2n) is 5.36. The number of anilines is 1. The summed E-state index contributed by atoms with van der Waals surface area (Å²) >= 11 is 1.26. The molecule has 1 heterocycles. The number of hydrogen-bond acceptors (Lipinski definition) is 2. The summed E-state index contributed by atoms with van der Waals surface area (Å²) in [7, 11) is 0. The van der Waals surface area contributed by atoms with Crippen molar-refractivity contribution < 1.29 is 35.9 Å². The Balaban J connectivity index is 2.28. The monoisotopic (exact) mass is 497 g/mol.